The van der Waals surface area contributed by atoms with Crippen LogP contribution in [-0.2, 0) is 4.79 Å². The molecule has 3 heteroatoms. The average molecular weight is 224 g/mol. The smallest absolute Gasteiger partial charge is 0.239 e. The van der Waals surface area contributed by atoms with Crippen LogP contribution in [0, 0.1) is 5.41 Å². The Bertz CT molecular complexity index is 275. The molecule has 0 aromatic heterocycles. The number of piperidine rings is 1. The minimum Gasteiger partial charge on any atom is -0.338 e. The van der Waals surface area contributed by atoms with Crippen LogP contribution in [0.2, 0.25) is 0 Å². The number of amides is 1. The fourth-order valence-corrected chi connectivity index (χ4v) is 3.29. The third-order valence-corrected chi connectivity index (χ3v) is 4.34. The van der Waals surface area contributed by atoms with Gasteiger partial charge in [0.25, 0.3) is 0 Å². The van der Waals surface area contributed by atoms with Crippen molar-refractivity contribution in [2.45, 2.75) is 64.5 Å². The van der Waals surface area contributed by atoms with E-state index in [1.807, 2.05) is 0 Å². The van der Waals surface area contributed by atoms with E-state index in [9.17, 15) is 4.79 Å². The van der Waals surface area contributed by atoms with Gasteiger partial charge in [0.15, 0.2) is 0 Å². The molecule has 1 amide bonds. The highest BCUT2D eigenvalue weighted by Crippen LogP contribution is 2.39. The zero-order chi connectivity index (χ0) is 11.8. The topological polar surface area (TPSA) is 46.3 Å². The molecule has 1 heterocycles. The Morgan fingerprint density at radius 1 is 1.25 bits per heavy atom. The van der Waals surface area contributed by atoms with Crippen LogP contribution in [-0.4, -0.2) is 29.4 Å². The number of carbonyl (C=O) groups is 1. The van der Waals surface area contributed by atoms with Gasteiger partial charge in [-0.05, 0) is 31.1 Å². The maximum atomic E-state index is 12.1. The van der Waals surface area contributed by atoms with Gasteiger partial charge in [-0.1, -0.05) is 26.7 Å². The second-order valence-electron chi connectivity index (χ2n) is 6.03. The van der Waals surface area contributed by atoms with E-state index in [-0.39, 0.29) is 17.4 Å². The van der Waals surface area contributed by atoms with Crippen LogP contribution in [0.3, 0.4) is 0 Å². The highest BCUT2D eigenvalue weighted by molar-refractivity contribution is 5.82. The number of hydrogen-bond donors (Lipinski definition) is 1. The molecule has 1 saturated carbocycles. The molecule has 0 aromatic rings. The molecule has 2 rings (SSSR count). The fourth-order valence-electron chi connectivity index (χ4n) is 3.29. The highest BCUT2D eigenvalue weighted by Gasteiger charge is 2.40. The molecule has 1 aliphatic heterocycles. The largest absolute Gasteiger partial charge is 0.338 e. The van der Waals surface area contributed by atoms with Gasteiger partial charge in [0.05, 0.1) is 6.04 Å². The maximum Gasteiger partial charge on any atom is 0.239 e. The summed E-state index contributed by atoms with van der Waals surface area (Å²) in [6.07, 6.45) is 6.88. The van der Waals surface area contributed by atoms with Gasteiger partial charge in [0.1, 0.15) is 0 Å². The van der Waals surface area contributed by atoms with Crippen molar-refractivity contribution < 1.29 is 4.79 Å². The van der Waals surface area contributed by atoms with Crippen molar-refractivity contribution >= 4 is 5.91 Å². The molecular formula is C13H24N2O. The van der Waals surface area contributed by atoms with Gasteiger partial charge in [-0.3, -0.25) is 4.79 Å². The average Bonchev–Trinajstić information content (AvgIpc) is 2.22. The molecule has 0 radical (unpaired) electrons. The van der Waals surface area contributed by atoms with Crippen LogP contribution in [0.5, 0.6) is 0 Å². The van der Waals surface area contributed by atoms with E-state index in [4.69, 9.17) is 5.73 Å². The lowest BCUT2D eigenvalue weighted by Crippen LogP contribution is -2.57. The molecule has 0 bridgehead atoms. The zero-order valence-corrected chi connectivity index (χ0v) is 10.5. The van der Waals surface area contributed by atoms with Crippen molar-refractivity contribution in [3.63, 3.8) is 0 Å². The summed E-state index contributed by atoms with van der Waals surface area (Å²) in [6, 6.07) is 0.173. The summed E-state index contributed by atoms with van der Waals surface area (Å²) in [5.74, 6) is 0.186. The molecule has 2 unspecified atom stereocenters. The van der Waals surface area contributed by atoms with Gasteiger partial charge in [0, 0.05) is 12.6 Å². The number of rotatable bonds is 1. The summed E-state index contributed by atoms with van der Waals surface area (Å²) < 4.78 is 0. The standard InChI is InChI=1S/C13H24N2O/c1-13(2)8-4-3-7-11(13)15-9-5-6-10(14)12(15)16/h10-11H,3-9,14H2,1-2H3. The van der Waals surface area contributed by atoms with E-state index < -0.39 is 0 Å². The predicted octanol–water partition coefficient (Wildman–Crippen LogP) is 1.90. The monoisotopic (exact) mass is 224 g/mol. The summed E-state index contributed by atoms with van der Waals surface area (Å²) in [6.45, 7) is 5.51. The molecular weight excluding hydrogens is 200 g/mol. The molecule has 2 atom stereocenters. The molecule has 1 saturated heterocycles. The van der Waals surface area contributed by atoms with Crippen LogP contribution < -0.4 is 5.73 Å². The first kappa shape index (κ1) is 11.9. The molecule has 0 spiro atoms. The fraction of sp³-hybridized carbons (Fsp3) is 0.923. The van der Waals surface area contributed by atoms with Crippen LogP contribution in [0.25, 0.3) is 0 Å². The molecule has 1 aliphatic carbocycles. The molecule has 3 nitrogen and oxygen atoms in total. The quantitative estimate of drug-likeness (QED) is 0.739. The molecule has 2 fully saturated rings. The normalized spacial score (nSPS) is 35.2. The number of likely N-dealkylation sites (tertiary alicyclic amines) is 1. The van der Waals surface area contributed by atoms with E-state index in [0.29, 0.717) is 6.04 Å². The van der Waals surface area contributed by atoms with Crippen LogP contribution in [0.4, 0.5) is 0 Å². The van der Waals surface area contributed by atoms with Crippen molar-refractivity contribution in [3.05, 3.63) is 0 Å². The molecule has 92 valence electrons. The summed E-state index contributed by atoms with van der Waals surface area (Å²) in [5.41, 5.74) is 6.14. The number of nitrogens with zero attached hydrogens (tertiary/aromatic N) is 1. The lowest BCUT2D eigenvalue weighted by atomic mass is 9.72. The molecule has 2 aliphatic rings. The van der Waals surface area contributed by atoms with E-state index in [2.05, 4.69) is 18.7 Å². The van der Waals surface area contributed by atoms with Crippen LogP contribution in [0.15, 0.2) is 0 Å². The lowest BCUT2D eigenvalue weighted by Gasteiger charge is -2.47. The maximum absolute atomic E-state index is 12.1. The number of nitrogens with two attached hydrogens (primary N) is 1. The highest BCUT2D eigenvalue weighted by atomic mass is 16.2. The first-order chi connectivity index (χ1) is 7.52. The third kappa shape index (κ3) is 2.10. The van der Waals surface area contributed by atoms with Gasteiger partial charge >= 0.3 is 0 Å². The zero-order valence-electron chi connectivity index (χ0n) is 10.5. The third-order valence-electron chi connectivity index (χ3n) is 4.34. The SMILES string of the molecule is CC1(C)CCCCC1N1CCCC(N)C1=O. The predicted molar refractivity (Wildman–Crippen MR) is 65.0 cm³/mol. The lowest BCUT2D eigenvalue weighted by molar-refractivity contribution is -0.141. The Balaban J connectivity index is 2.13. The van der Waals surface area contributed by atoms with Crippen LogP contribution >= 0.6 is 0 Å². The molecule has 16 heavy (non-hydrogen) atoms. The summed E-state index contributed by atoms with van der Waals surface area (Å²) in [7, 11) is 0. The van der Waals surface area contributed by atoms with Crippen molar-refractivity contribution in [2.24, 2.45) is 11.1 Å². The van der Waals surface area contributed by atoms with Gasteiger partial charge in [0.2, 0.25) is 5.91 Å². The minimum absolute atomic E-state index is 0.186. The van der Waals surface area contributed by atoms with Crippen LogP contribution in [0.1, 0.15) is 52.4 Å². The Hall–Kier alpha value is -0.570. The second kappa shape index (κ2) is 4.36. The number of carbonyl (C=O) groups excluding carboxylic acids is 1. The van der Waals surface area contributed by atoms with Gasteiger partial charge < -0.3 is 10.6 Å². The van der Waals surface area contributed by atoms with Crippen molar-refractivity contribution in [1.82, 2.24) is 4.90 Å². The van der Waals surface area contributed by atoms with Gasteiger partial charge in [-0.15, -0.1) is 0 Å². The second-order valence-corrected chi connectivity index (χ2v) is 6.03. The Kier molecular flexibility index (Phi) is 3.24. The summed E-state index contributed by atoms with van der Waals surface area (Å²) in [5, 5.41) is 0. The minimum atomic E-state index is -0.244. The number of hydrogen-bond acceptors (Lipinski definition) is 2. The summed E-state index contributed by atoms with van der Waals surface area (Å²) in [4.78, 5) is 14.2. The Labute approximate surface area is 98.4 Å². The first-order valence-electron chi connectivity index (χ1n) is 6.58. The Morgan fingerprint density at radius 2 is 2.00 bits per heavy atom. The van der Waals surface area contributed by atoms with E-state index in [0.717, 1.165) is 25.8 Å². The van der Waals surface area contributed by atoms with E-state index in [1.54, 1.807) is 0 Å². The van der Waals surface area contributed by atoms with E-state index in [1.165, 1.54) is 19.3 Å². The molecule has 0 aromatic carbocycles. The van der Waals surface area contributed by atoms with E-state index >= 15 is 0 Å². The summed E-state index contributed by atoms with van der Waals surface area (Å²) >= 11 is 0. The van der Waals surface area contributed by atoms with Gasteiger partial charge in [-0.2, -0.15) is 0 Å². The first-order valence-corrected chi connectivity index (χ1v) is 6.58. The Morgan fingerprint density at radius 3 is 2.69 bits per heavy atom. The van der Waals surface area contributed by atoms with Crippen molar-refractivity contribution in [2.75, 3.05) is 6.54 Å². The molecule has 2 N–H and O–H groups in total. The van der Waals surface area contributed by atoms with Gasteiger partial charge in [-0.25, -0.2) is 0 Å². The van der Waals surface area contributed by atoms with Crippen molar-refractivity contribution in [1.29, 1.82) is 0 Å². The van der Waals surface area contributed by atoms with Crippen molar-refractivity contribution in [3.8, 4) is 0 Å².